The molecule has 1 amide bonds. The topological polar surface area (TPSA) is 86.3 Å². The molecule has 0 heterocycles. The molecule has 0 bridgehead atoms. The molecule has 0 aliphatic carbocycles. The van der Waals surface area contributed by atoms with Gasteiger partial charge in [0.15, 0.2) is 0 Å². The molecule has 7 heteroatoms. The third-order valence-corrected chi connectivity index (χ3v) is 0.684. The third-order valence-electron chi connectivity index (χ3n) is 0.684. The van der Waals surface area contributed by atoms with Gasteiger partial charge in [0.05, 0.1) is 11.0 Å². The molecule has 5 nitrogen and oxygen atoms in total. The first-order valence-electron chi connectivity index (χ1n) is 3.45. The maximum atomic E-state index is 10.6. The third kappa shape index (κ3) is 29.6. The summed E-state index contributed by atoms with van der Waals surface area (Å²) in [7, 11) is -3.37. The van der Waals surface area contributed by atoms with Gasteiger partial charge in [-0.1, -0.05) is 6.58 Å². The average molecular weight is 231 g/mol. The molecule has 1 N–H and O–H groups in total. The number of hydrogen-bond donors (Lipinski definition) is 2. The van der Waals surface area contributed by atoms with E-state index >= 15 is 0 Å². The Morgan fingerprint density at radius 1 is 1.43 bits per heavy atom. The molecule has 0 saturated carbocycles. The van der Waals surface area contributed by atoms with Gasteiger partial charge in [-0.2, -0.15) is 0 Å². The van der Waals surface area contributed by atoms with Crippen molar-refractivity contribution in [2.75, 3.05) is 0 Å². The van der Waals surface area contributed by atoms with Crippen LogP contribution in [0.3, 0.4) is 0 Å². The summed E-state index contributed by atoms with van der Waals surface area (Å²) in [4.78, 5) is 10.6. The summed E-state index contributed by atoms with van der Waals surface area (Å²) in [5.74, 6) is -0.123. The SMILES string of the molecule is C=CC(=O)NC(C)(C)C.O=[SH](=O)[O-].[Na+]. The van der Waals surface area contributed by atoms with Gasteiger partial charge in [0.2, 0.25) is 5.91 Å². The minimum absolute atomic E-state index is 0. The van der Waals surface area contributed by atoms with Crippen molar-refractivity contribution in [3.05, 3.63) is 12.7 Å². The van der Waals surface area contributed by atoms with Crippen molar-refractivity contribution in [1.29, 1.82) is 0 Å². The summed E-state index contributed by atoms with van der Waals surface area (Å²) < 4.78 is 25.4. The van der Waals surface area contributed by atoms with Gasteiger partial charge < -0.3 is 9.87 Å². The molecule has 0 spiro atoms. The van der Waals surface area contributed by atoms with E-state index in [0.29, 0.717) is 0 Å². The standard InChI is InChI=1S/C7H13NO.Na.H2O3S/c1-5-6(9)8-7(2,3)4;;1-4(2)3/h5H,1H2,2-4H3,(H,8,9);;4H,(H,1,2,3)/q;+1;/p-1. The minimum atomic E-state index is -3.37. The van der Waals surface area contributed by atoms with Gasteiger partial charge in [-0.15, -0.1) is 0 Å². The molecule has 0 rings (SSSR count). The van der Waals surface area contributed by atoms with Crippen LogP contribution in [0.4, 0.5) is 0 Å². The fraction of sp³-hybridized carbons (Fsp3) is 0.571. The monoisotopic (exact) mass is 231 g/mol. The van der Waals surface area contributed by atoms with Gasteiger partial charge in [-0.3, -0.25) is 4.79 Å². The minimum Gasteiger partial charge on any atom is -0.750 e. The fourth-order valence-electron chi connectivity index (χ4n) is 0.421. The Bertz CT molecular complexity index is 237. The Hall–Kier alpha value is 0.120. The largest absolute Gasteiger partial charge is 1.00 e. The number of nitrogens with one attached hydrogen (secondary N) is 1. The molecule has 0 aliphatic rings. The number of carbonyl (C=O) groups excluding carboxylic acids is 1. The molecule has 0 aromatic heterocycles. The smallest absolute Gasteiger partial charge is 0.750 e. The Morgan fingerprint density at radius 2 is 1.71 bits per heavy atom. The summed E-state index contributed by atoms with van der Waals surface area (Å²) in [6.07, 6.45) is 1.27. The second-order valence-corrected chi connectivity index (χ2v) is 3.61. The van der Waals surface area contributed by atoms with Crippen molar-refractivity contribution in [2.45, 2.75) is 26.3 Å². The summed E-state index contributed by atoms with van der Waals surface area (Å²) in [5.41, 5.74) is -0.148. The van der Waals surface area contributed by atoms with Crippen LogP contribution in [0.15, 0.2) is 12.7 Å². The maximum absolute atomic E-state index is 10.6. The molecule has 0 atom stereocenters. The van der Waals surface area contributed by atoms with E-state index in [4.69, 9.17) is 13.0 Å². The van der Waals surface area contributed by atoms with Gasteiger partial charge >= 0.3 is 29.6 Å². The Labute approximate surface area is 108 Å². The van der Waals surface area contributed by atoms with Crippen molar-refractivity contribution < 1.29 is 47.3 Å². The second-order valence-electron chi connectivity index (χ2n) is 3.17. The van der Waals surface area contributed by atoms with Crippen LogP contribution in [0.25, 0.3) is 0 Å². The number of thiol groups is 1. The number of hydrogen-bond acceptors (Lipinski definition) is 4. The van der Waals surface area contributed by atoms with Gasteiger partial charge in [0.1, 0.15) is 0 Å². The molecule has 0 unspecified atom stereocenters. The average Bonchev–Trinajstić information content (AvgIpc) is 1.82. The first-order valence-corrected chi connectivity index (χ1v) is 4.54. The summed E-state index contributed by atoms with van der Waals surface area (Å²) in [6, 6.07) is 0. The number of carbonyl (C=O) groups is 1. The number of amides is 1. The Balaban J connectivity index is -0.000000209. The van der Waals surface area contributed by atoms with Crippen molar-refractivity contribution in [2.24, 2.45) is 0 Å². The van der Waals surface area contributed by atoms with Crippen molar-refractivity contribution >= 4 is 16.9 Å². The van der Waals surface area contributed by atoms with Crippen molar-refractivity contribution in [3.63, 3.8) is 0 Å². The van der Waals surface area contributed by atoms with Crippen LogP contribution in [-0.2, 0) is 15.8 Å². The zero-order valence-corrected chi connectivity index (χ0v) is 11.8. The second kappa shape index (κ2) is 9.67. The van der Waals surface area contributed by atoms with Crippen LogP contribution in [0, 0.1) is 0 Å². The van der Waals surface area contributed by atoms with Crippen LogP contribution in [0.1, 0.15) is 20.8 Å². The summed E-state index contributed by atoms with van der Waals surface area (Å²) >= 11 is 0. The molecule has 0 aromatic rings. The van der Waals surface area contributed by atoms with E-state index in [2.05, 4.69) is 11.9 Å². The molecule has 0 saturated heterocycles. The summed E-state index contributed by atoms with van der Waals surface area (Å²) in [5, 5.41) is 2.71. The van der Waals surface area contributed by atoms with Gasteiger partial charge in [0, 0.05) is 5.54 Å². The van der Waals surface area contributed by atoms with E-state index in [1.807, 2.05) is 20.8 Å². The van der Waals surface area contributed by atoms with E-state index in [1.54, 1.807) is 0 Å². The van der Waals surface area contributed by atoms with E-state index in [-0.39, 0.29) is 41.0 Å². The zero-order chi connectivity index (χ0) is 11.1. The molecule has 14 heavy (non-hydrogen) atoms. The van der Waals surface area contributed by atoms with Gasteiger partial charge in [-0.25, -0.2) is 8.42 Å². The summed E-state index contributed by atoms with van der Waals surface area (Å²) in [6.45, 7) is 9.11. The maximum Gasteiger partial charge on any atom is 1.00 e. The van der Waals surface area contributed by atoms with Gasteiger partial charge in [-0.05, 0) is 26.8 Å². The van der Waals surface area contributed by atoms with Crippen LogP contribution in [-0.4, -0.2) is 24.4 Å². The van der Waals surface area contributed by atoms with Crippen LogP contribution >= 0.6 is 0 Å². The fourth-order valence-corrected chi connectivity index (χ4v) is 0.421. The van der Waals surface area contributed by atoms with E-state index in [1.165, 1.54) is 6.08 Å². The van der Waals surface area contributed by atoms with E-state index < -0.39 is 11.0 Å². The first kappa shape index (κ1) is 19.7. The Morgan fingerprint density at radius 3 is 1.79 bits per heavy atom. The van der Waals surface area contributed by atoms with Crippen molar-refractivity contribution in [1.82, 2.24) is 5.32 Å². The van der Waals surface area contributed by atoms with Crippen LogP contribution < -0.4 is 34.9 Å². The van der Waals surface area contributed by atoms with E-state index in [0.717, 1.165) is 0 Å². The molecule has 0 aliphatic heterocycles. The van der Waals surface area contributed by atoms with Gasteiger partial charge in [0.25, 0.3) is 0 Å². The molecule has 0 radical (unpaired) electrons. The zero-order valence-electron chi connectivity index (χ0n) is 8.86. The molecular formula is C7H14NNaO4S. The quantitative estimate of drug-likeness (QED) is 0.216. The molecule has 0 fully saturated rings. The predicted molar refractivity (Wildman–Crippen MR) is 49.2 cm³/mol. The predicted octanol–water partition coefficient (Wildman–Crippen LogP) is -3.18. The number of rotatable bonds is 1. The first-order chi connectivity index (χ1) is 5.69. The molecule has 0 aromatic carbocycles. The van der Waals surface area contributed by atoms with Crippen LogP contribution in [0.5, 0.6) is 0 Å². The molecular weight excluding hydrogens is 217 g/mol. The normalized spacial score (nSPS) is 9.21. The van der Waals surface area contributed by atoms with Crippen molar-refractivity contribution in [3.8, 4) is 0 Å². The van der Waals surface area contributed by atoms with E-state index in [9.17, 15) is 4.79 Å². The Kier molecular flexibility index (Phi) is 13.6. The molecule has 78 valence electrons. The van der Waals surface area contributed by atoms with Crippen LogP contribution in [0.2, 0.25) is 0 Å².